The zero-order valence-electron chi connectivity index (χ0n) is 14.6. The number of hydrogen-bond donors (Lipinski definition) is 1. The Bertz CT molecular complexity index is 795. The van der Waals surface area contributed by atoms with Crippen LogP contribution in [0.15, 0.2) is 59.5 Å². The number of rotatable bonds is 6. The van der Waals surface area contributed by atoms with Crippen molar-refractivity contribution in [2.45, 2.75) is 38.8 Å². The number of furan rings is 1. The van der Waals surface area contributed by atoms with Gasteiger partial charge in [0.2, 0.25) is 0 Å². The van der Waals surface area contributed by atoms with Crippen molar-refractivity contribution < 1.29 is 4.42 Å². The zero-order chi connectivity index (χ0) is 16.5. The van der Waals surface area contributed by atoms with E-state index in [1.54, 1.807) is 6.20 Å². The predicted molar refractivity (Wildman–Crippen MR) is 101 cm³/mol. The van der Waals surface area contributed by atoms with Crippen molar-refractivity contribution in [3.8, 4) is 5.69 Å². The summed E-state index contributed by atoms with van der Waals surface area (Å²) in [6.07, 6.45) is 6.82. The Balaban J connectivity index is 0.00000182. The van der Waals surface area contributed by atoms with Crippen molar-refractivity contribution in [2.75, 3.05) is 0 Å². The van der Waals surface area contributed by atoms with Crippen LogP contribution in [0.5, 0.6) is 0 Å². The van der Waals surface area contributed by atoms with Gasteiger partial charge in [0.25, 0.3) is 0 Å². The second kappa shape index (κ2) is 7.46. The van der Waals surface area contributed by atoms with Gasteiger partial charge in [0.05, 0.1) is 12.9 Å². The van der Waals surface area contributed by atoms with Gasteiger partial charge in [0.1, 0.15) is 11.5 Å². The van der Waals surface area contributed by atoms with Gasteiger partial charge in [-0.3, -0.25) is 0 Å². The van der Waals surface area contributed by atoms with Crippen molar-refractivity contribution in [3.63, 3.8) is 0 Å². The van der Waals surface area contributed by atoms with Crippen LogP contribution in [0.25, 0.3) is 5.69 Å². The maximum Gasteiger partial charge on any atom is 0.117 e. The standard InChI is InChI=1S/C20H23N3O.ClH/c1-14-11-19(14)20-8-7-18(24-20)12-22-15(2)16-3-5-17(6-4-16)23-10-9-21-13-23;/h3-10,13-15,19,22H,11-12H2,1-2H3;1H. The molecule has 0 bridgehead atoms. The molecule has 2 aromatic heterocycles. The number of aromatic nitrogens is 2. The molecule has 3 unspecified atom stereocenters. The third-order valence-corrected chi connectivity index (χ3v) is 4.94. The van der Waals surface area contributed by atoms with Crippen LogP contribution in [0, 0.1) is 5.92 Å². The van der Waals surface area contributed by atoms with Crippen LogP contribution < -0.4 is 5.32 Å². The number of nitrogens with one attached hydrogen (secondary N) is 1. The van der Waals surface area contributed by atoms with Crippen molar-refractivity contribution >= 4 is 12.4 Å². The highest BCUT2D eigenvalue weighted by Crippen LogP contribution is 2.47. The predicted octanol–water partition coefficient (Wildman–Crippen LogP) is 4.86. The fourth-order valence-corrected chi connectivity index (χ4v) is 3.13. The van der Waals surface area contributed by atoms with Crippen LogP contribution in [-0.4, -0.2) is 9.55 Å². The monoisotopic (exact) mass is 357 g/mol. The fraction of sp³-hybridized carbons (Fsp3) is 0.350. The summed E-state index contributed by atoms with van der Waals surface area (Å²) in [4.78, 5) is 4.08. The molecule has 5 heteroatoms. The first-order valence-corrected chi connectivity index (χ1v) is 8.61. The lowest BCUT2D eigenvalue weighted by Gasteiger charge is -2.14. The highest BCUT2D eigenvalue weighted by Gasteiger charge is 2.36. The number of nitrogens with zero attached hydrogens (tertiary/aromatic N) is 2. The second-order valence-electron chi connectivity index (χ2n) is 6.79. The summed E-state index contributed by atoms with van der Waals surface area (Å²) < 4.78 is 7.96. The Morgan fingerprint density at radius 3 is 2.64 bits per heavy atom. The summed E-state index contributed by atoms with van der Waals surface area (Å²) in [5.41, 5.74) is 2.39. The van der Waals surface area contributed by atoms with Gasteiger partial charge in [-0.05, 0) is 49.1 Å². The van der Waals surface area contributed by atoms with Crippen molar-refractivity contribution in [3.05, 3.63) is 72.2 Å². The molecular formula is C20H24ClN3O. The summed E-state index contributed by atoms with van der Waals surface area (Å²) in [7, 11) is 0. The Hall–Kier alpha value is -2.04. The molecule has 0 aliphatic heterocycles. The molecule has 0 saturated heterocycles. The fourth-order valence-electron chi connectivity index (χ4n) is 3.13. The topological polar surface area (TPSA) is 43.0 Å². The average Bonchev–Trinajstić information content (AvgIpc) is 3.04. The highest BCUT2D eigenvalue weighted by molar-refractivity contribution is 5.85. The first kappa shape index (κ1) is 17.8. The molecule has 2 heterocycles. The molecule has 1 aliphatic rings. The zero-order valence-corrected chi connectivity index (χ0v) is 15.4. The van der Waals surface area contributed by atoms with Crippen LogP contribution >= 0.6 is 12.4 Å². The van der Waals surface area contributed by atoms with Gasteiger partial charge < -0.3 is 14.3 Å². The van der Waals surface area contributed by atoms with Gasteiger partial charge in [0.15, 0.2) is 0 Å². The Labute approximate surface area is 154 Å². The highest BCUT2D eigenvalue weighted by atomic mass is 35.5. The van der Waals surface area contributed by atoms with E-state index < -0.39 is 0 Å². The van der Waals surface area contributed by atoms with Crippen molar-refractivity contribution in [2.24, 2.45) is 5.92 Å². The third kappa shape index (κ3) is 3.97. The maximum absolute atomic E-state index is 5.96. The molecule has 132 valence electrons. The van der Waals surface area contributed by atoms with Gasteiger partial charge in [-0.2, -0.15) is 0 Å². The van der Waals surface area contributed by atoms with E-state index in [2.05, 4.69) is 60.5 Å². The lowest BCUT2D eigenvalue weighted by molar-refractivity contribution is 0.430. The quantitative estimate of drug-likeness (QED) is 0.685. The van der Waals surface area contributed by atoms with E-state index in [4.69, 9.17) is 4.42 Å². The third-order valence-electron chi connectivity index (χ3n) is 4.94. The number of hydrogen-bond acceptors (Lipinski definition) is 3. The number of halogens is 1. The second-order valence-corrected chi connectivity index (χ2v) is 6.79. The van der Waals surface area contributed by atoms with Crippen molar-refractivity contribution in [1.82, 2.24) is 14.9 Å². The smallest absolute Gasteiger partial charge is 0.117 e. The molecule has 3 atom stereocenters. The number of imidazole rings is 1. The molecule has 1 fully saturated rings. The van der Waals surface area contributed by atoms with Crippen LogP contribution in [0.1, 0.15) is 49.3 Å². The average molecular weight is 358 g/mol. The van der Waals surface area contributed by atoms with E-state index in [-0.39, 0.29) is 18.4 Å². The number of benzene rings is 1. The van der Waals surface area contributed by atoms with Gasteiger partial charge in [-0.15, -0.1) is 12.4 Å². The maximum atomic E-state index is 5.96. The summed E-state index contributed by atoms with van der Waals surface area (Å²) in [6, 6.07) is 13.1. The van der Waals surface area contributed by atoms with Crippen molar-refractivity contribution in [1.29, 1.82) is 0 Å². The molecule has 4 rings (SSSR count). The molecule has 1 saturated carbocycles. The van der Waals surface area contributed by atoms with Gasteiger partial charge in [-0.25, -0.2) is 4.98 Å². The summed E-state index contributed by atoms with van der Waals surface area (Å²) >= 11 is 0. The molecule has 3 aromatic rings. The molecular weight excluding hydrogens is 334 g/mol. The minimum atomic E-state index is 0. The van der Waals surface area contributed by atoms with E-state index in [0.717, 1.165) is 29.7 Å². The van der Waals surface area contributed by atoms with E-state index in [1.807, 2.05) is 17.1 Å². The van der Waals surface area contributed by atoms with Crippen LogP contribution in [-0.2, 0) is 6.54 Å². The van der Waals surface area contributed by atoms with Gasteiger partial charge in [0, 0.05) is 30.0 Å². The largest absolute Gasteiger partial charge is 0.464 e. The molecule has 1 aliphatic carbocycles. The first-order valence-electron chi connectivity index (χ1n) is 8.61. The first-order chi connectivity index (χ1) is 11.7. The van der Waals surface area contributed by atoms with E-state index in [9.17, 15) is 0 Å². The van der Waals surface area contributed by atoms with Gasteiger partial charge in [-0.1, -0.05) is 19.1 Å². The molecule has 0 amide bonds. The summed E-state index contributed by atoms with van der Waals surface area (Å²) in [5.74, 6) is 3.60. The Morgan fingerprint density at radius 2 is 2.00 bits per heavy atom. The molecule has 0 radical (unpaired) electrons. The minimum absolute atomic E-state index is 0. The summed E-state index contributed by atoms with van der Waals surface area (Å²) in [6.45, 7) is 5.21. The Kier molecular flexibility index (Phi) is 5.30. The lowest BCUT2D eigenvalue weighted by atomic mass is 10.1. The van der Waals surface area contributed by atoms with Crippen LogP contribution in [0.2, 0.25) is 0 Å². The molecule has 1 N–H and O–H groups in total. The van der Waals surface area contributed by atoms with Crippen LogP contribution in [0.3, 0.4) is 0 Å². The summed E-state index contributed by atoms with van der Waals surface area (Å²) in [5, 5.41) is 3.54. The molecule has 1 aromatic carbocycles. The van der Waals surface area contributed by atoms with E-state index in [0.29, 0.717) is 5.92 Å². The van der Waals surface area contributed by atoms with E-state index in [1.165, 1.54) is 12.0 Å². The van der Waals surface area contributed by atoms with E-state index >= 15 is 0 Å². The van der Waals surface area contributed by atoms with Gasteiger partial charge >= 0.3 is 0 Å². The molecule has 0 spiro atoms. The van der Waals surface area contributed by atoms with Crippen LogP contribution in [0.4, 0.5) is 0 Å². The minimum Gasteiger partial charge on any atom is -0.464 e. The normalized spacial score (nSPS) is 20.1. The molecule has 4 nitrogen and oxygen atoms in total. The SMILES string of the molecule is CC(NCc1ccc(C2CC2C)o1)c1ccc(-n2ccnc2)cc1.Cl. The molecule has 25 heavy (non-hydrogen) atoms. The lowest BCUT2D eigenvalue weighted by Crippen LogP contribution is -2.17. The Morgan fingerprint density at radius 1 is 1.24 bits per heavy atom.